The van der Waals surface area contributed by atoms with E-state index in [2.05, 4.69) is 17.6 Å². The van der Waals surface area contributed by atoms with Crippen molar-refractivity contribution in [2.24, 2.45) is 11.8 Å². The van der Waals surface area contributed by atoms with Crippen LogP contribution < -0.4 is 5.48 Å². The summed E-state index contributed by atoms with van der Waals surface area (Å²) in [5.41, 5.74) is 6.81. The van der Waals surface area contributed by atoms with Crippen molar-refractivity contribution in [2.45, 2.75) is 75.7 Å². The quantitative estimate of drug-likeness (QED) is 0.204. The molecule has 0 amide bonds. The highest BCUT2D eigenvalue weighted by atomic mass is 19.1. The van der Waals surface area contributed by atoms with E-state index in [0.29, 0.717) is 18.9 Å². The van der Waals surface area contributed by atoms with Gasteiger partial charge in [0.15, 0.2) is 0 Å². The fourth-order valence-electron chi connectivity index (χ4n) is 6.26. The number of carbonyl (C=O) groups is 1. The first-order valence-corrected chi connectivity index (χ1v) is 12.7. The van der Waals surface area contributed by atoms with Gasteiger partial charge in [0.25, 0.3) is 0 Å². The van der Waals surface area contributed by atoms with Gasteiger partial charge in [-0.15, -0.1) is 0 Å². The van der Waals surface area contributed by atoms with Gasteiger partial charge in [-0.3, -0.25) is 15.1 Å². The molecule has 0 aromatic heterocycles. The zero-order valence-electron chi connectivity index (χ0n) is 20.5. The van der Waals surface area contributed by atoms with E-state index in [9.17, 15) is 9.18 Å². The largest absolute Gasteiger partial charge is 0.469 e. The highest BCUT2D eigenvalue weighted by Crippen LogP contribution is 2.57. The SMILES string of the molecule is CONC(=C1[C@@H]2C[C@@](c3ccc(F)cc3)(CO2)[C@H]1CC=CCCCC(=O)OC)C1CCCCC1. The van der Waals surface area contributed by atoms with E-state index in [1.54, 1.807) is 19.2 Å². The Bertz CT molecular complexity index is 890. The Labute approximate surface area is 202 Å². The minimum absolute atomic E-state index is 0.0577. The number of hydroxylamine groups is 1. The van der Waals surface area contributed by atoms with Gasteiger partial charge in [-0.1, -0.05) is 43.5 Å². The third-order valence-corrected chi connectivity index (χ3v) is 7.95. The molecule has 0 radical (unpaired) electrons. The monoisotopic (exact) mass is 471 g/mol. The highest BCUT2D eigenvalue weighted by Gasteiger charge is 2.57. The summed E-state index contributed by atoms with van der Waals surface area (Å²) in [4.78, 5) is 16.9. The van der Waals surface area contributed by atoms with Crippen LogP contribution in [0.25, 0.3) is 0 Å². The fraction of sp³-hybridized carbons (Fsp3) is 0.607. The summed E-state index contributed by atoms with van der Waals surface area (Å²) in [6, 6.07) is 6.99. The number of nitrogens with one attached hydrogen (secondary N) is 1. The van der Waals surface area contributed by atoms with Crippen molar-refractivity contribution in [2.75, 3.05) is 20.8 Å². The molecule has 5 nitrogen and oxygen atoms in total. The fourth-order valence-corrected chi connectivity index (χ4v) is 6.26. The molecule has 0 spiro atoms. The van der Waals surface area contributed by atoms with Gasteiger partial charge in [0.05, 0.1) is 26.9 Å². The maximum absolute atomic E-state index is 13.8. The molecule has 1 aliphatic heterocycles. The molecule has 2 saturated carbocycles. The van der Waals surface area contributed by atoms with E-state index in [0.717, 1.165) is 31.2 Å². The van der Waals surface area contributed by atoms with Crippen molar-refractivity contribution in [3.8, 4) is 0 Å². The molecule has 186 valence electrons. The van der Waals surface area contributed by atoms with Gasteiger partial charge < -0.3 is 9.47 Å². The predicted molar refractivity (Wildman–Crippen MR) is 129 cm³/mol. The lowest BCUT2D eigenvalue weighted by molar-refractivity contribution is -0.140. The molecule has 4 rings (SSSR count). The number of fused-ring (bicyclic) bond motifs is 2. The van der Waals surface area contributed by atoms with E-state index in [1.165, 1.54) is 50.5 Å². The molecule has 1 aromatic rings. The van der Waals surface area contributed by atoms with Crippen LogP contribution in [0.4, 0.5) is 4.39 Å². The smallest absolute Gasteiger partial charge is 0.305 e. The lowest BCUT2D eigenvalue weighted by Gasteiger charge is -2.38. The zero-order valence-corrected chi connectivity index (χ0v) is 20.5. The summed E-state index contributed by atoms with van der Waals surface area (Å²) in [5, 5.41) is 0. The Hall–Kier alpha value is -2.18. The van der Waals surface area contributed by atoms with Gasteiger partial charge in [0.2, 0.25) is 0 Å². The van der Waals surface area contributed by atoms with Crippen LogP contribution in [0, 0.1) is 17.7 Å². The molecular formula is C28H38FNO4. The Morgan fingerprint density at radius 1 is 1.18 bits per heavy atom. The number of ether oxygens (including phenoxy) is 2. The zero-order chi connectivity index (χ0) is 24.0. The minimum Gasteiger partial charge on any atom is -0.469 e. The summed E-state index contributed by atoms with van der Waals surface area (Å²) in [6.45, 7) is 0.651. The number of benzene rings is 1. The Balaban J connectivity index is 1.63. The summed E-state index contributed by atoms with van der Waals surface area (Å²) in [5.74, 6) is 0.342. The second kappa shape index (κ2) is 11.5. The molecule has 1 aromatic carbocycles. The van der Waals surface area contributed by atoms with E-state index in [4.69, 9.17) is 14.3 Å². The minimum atomic E-state index is -0.213. The van der Waals surface area contributed by atoms with Gasteiger partial charge in [0.1, 0.15) is 5.82 Å². The highest BCUT2D eigenvalue weighted by molar-refractivity contribution is 5.69. The molecule has 3 atom stereocenters. The number of hydrogen-bond acceptors (Lipinski definition) is 5. The molecule has 6 heteroatoms. The lowest BCUT2D eigenvalue weighted by Crippen LogP contribution is -2.38. The predicted octanol–water partition coefficient (Wildman–Crippen LogP) is 5.76. The van der Waals surface area contributed by atoms with Crippen molar-refractivity contribution in [3.63, 3.8) is 0 Å². The standard InChI is InChI=1S/C28H38FNO4/c1-32-25(31)13-9-4-3-8-12-23-26(27(30-33-2)20-10-6-5-7-11-20)24-18-28(23,19-34-24)21-14-16-22(29)17-15-21/h3,8,14-17,20,23-24,30H,4-7,9-13,18-19H2,1-2H3/t23-,24-,28-/m0/s1. The average molecular weight is 472 g/mol. The summed E-state index contributed by atoms with van der Waals surface area (Å²) in [7, 11) is 3.11. The van der Waals surface area contributed by atoms with Crippen LogP contribution in [-0.4, -0.2) is 32.9 Å². The molecular weight excluding hydrogens is 433 g/mol. The number of rotatable bonds is 10. The van der Waals surface area contributed by atoms with Crippen LogP contribution in [0.15, 0.2) is 47.7 Å². The molecule has 34 heavy (non-hydrogen) atoms. The number of halogens is 1. The van der Waals surface area contributed by atoms with Crippen molar-refractivity contribution in [1.82, 2.24) is 5.48 Å². The number of unbranched alkanes of at least 4 members (excludes halogenated alkanes) is 1. The van der Waals surface area contributed by atoms with Crippen LogP contribution in [0.5, 0.6) is 0 Å². The molecule has 2 bridgehead atoms. The number of esters is 1. The van der Waals surface area contributed by atoms with E-state index >= 15 is 0 Å². The topological polar surface area (TPSA) is 56.8 Å². The molecule has 3 aliphatic rings. The summed E-state index contributed by atoms with van der Waals surface area (Å²) < 4.78 is 24.8. The first-order valence-electron chi connectivity index (χ1n) is 12.7. The lowest BCUT2D eigenvalue weighted by atomic mass is 9.69. The molecule has 2 aliphatic carbocycles. The molecule has 1 saturated heterocycles. The number of carbonyl (C=O) groups excluding carboxylic acids is 1. The molecule has 3 fully saturated rings. The van der Waals surface area contributed by atoms with E-state index in [1.807, 2.05) is 12.1 Å². The van der Waals surface area contributed by atoms with Crippen LogP contribution in [0.1, 0.15) is 69.8 Å². The maximum atomic E-state index is 13.8. The Morgan fingerprint density at radius 2 is 1.94 bits per heavy atom. The molecule has 0 unspecified atom stereocenters. The molecule has 1 N–H and O–H groups in total. The third kappa shape index (κ3) is 5.23. The van der Waals surface area contributed by atoms with Crippen molar-refractivity contribution < 1.29 is 23.5 Å². The second-order valence-electron chi connectivity index (χ2n) is 9.90. The van der Waals surface area contributed by atoms with Crippen molar-refractivity contribution in [3.05, 3.63) is 59.1 Å². The van der Waals surface area contributed by atoms with Crippen molar-refractivity contribution >= 4 is 5.97 Å². The Morgan fingerprint density at radius 3 is 2.65 bits per heavy atom. The number of methoxy groups -OCH3 is 1. The van der Waals surface area contributed by atoms with Gasteiger partial charge in [-0.05, 0) is 67.7 Å². The summed E-state index contributed by atoms with van der Waals surface area (Å²) >= 11 is 0. The maximum Gasteiger partial charge on any atom is 0.305 e. The van der Waals surface area contributed by atoms with Crippen LogP contribution in [0.3, 0.4) is 0 Å². The van der Waals surface area contributed by atoms with E-state index < -0.39 is 0 Å². The number of hydrogen-bond donors (Lipinski definition) is 1. The first kappa shape index (κ1) is 24.9. The average Bonchev–Trinajstić information content (AvgIpc) is 3.43. The second-order valence-corrected chi connectivity index (χ2v) is 9.90. The van der Waals surface area contributed by atoms with Crippen LogP contribution >= 0.6 is 0 Å². The molecule has 1 heterocycles. The summed E-state index contributed by atoms with van der Waals surface area (Å²) in [6.07, 6.45) is 14.5. The van der Waals surface area contributed by atoms with Gasteiger partial charge in [-0.2, -0.15) is 0 Å². The van der Waals surface area contributed by atoms with Gasteiger partial charge >= 0.3 is 5.97 Å². The van der Waals surface area contributed by atoms with E-state index in [-0.39, 0.29) is 29.2 Å². The van der Waals surface area contributed by atoms with Gasteiger partial charge in [0, 0.05) is 23.5 Å². The van der Waals surface area contributed by atoms with Crippen LogP contribution in [-0.2, 0) is 24.5 Å². The van der Waals surface area contributed by atoms with Crippen molar-refractivity contribution in [1.29, 1.82) is 0 Å². The number of allylic oxidation sites excluding steroid dienone is 3. The van der Waals surface area contributed by atoms with Gasteiger partial charge in [-0.25, -0.2) is 4.39 Å². The Kier molecular flexibility index (Phi) is 8.43. The first-order chi connectivity index (χ1) is 16.6. The third-order valence-electron chi connectivity index (χ3n) is 7.95. The van der Waals surface area contributed by atoms with Crippen LogP contribution in [0.2, 0.25) is 0 Å². The normalized spacial score (nSPS) is 28.4.